The van der Waals surface area contributed by atoms with Crippen molar-refractivity contribution in [2.24, 2.45) is 0 Å². The van der Waals surface area contributed by atoms with E-state index in [2.05, 4.69) is 44.1 Å². The number of amides is 1. The van der Waals surface area contributed by atoms with Gasteiger partial charge in [0.2, 0.25) is 0 Å². The molecule has 2 aliphatic rings. The quantitative estimate of drug-likeness (QED) is 0.0585. The van der Waals surface area contributed by atoms with Crippen LogP contribution in [0.2, 0.25) is 0 Å². The van der Waals surface area contributed by atoms with Crippen molar-refractivity contribution < 1.29 is 18.1 Å². The van der Waals surface area contributed by atoms with Crippen molar-refractivity contribution in [3.8, 4) is 17.2 Å². The second-order valence-electron chi connectivity index (χ2n) is 13.3. The molecule has 0 aliphatic carbocycles. The van der Waals surface area contributed by atoms with Gasteiger partial charge in [-0.05, 0) is 89.7 Å². The summed E-state index contributed by atoms with van der Waals surface area (Å²) < 4.78 is 28.7. The van der Waals surface area contributed by atoms with Gasteiger partial charge in [-0.25, -0.2) is 13.1 Å². The van der Waals surface area contributed by atoms with Gasteiger partial charge in [0.05, 0.1) is 21.5 Å². The fourth-order valence-electron chi connectivity index (χ4n) is 7.15. The zero-order valence-electron chi connectivity index (χ0n) is 29.4. The van der Waals surface area contributed by atoms with E-state index < -0.39 is 26.5 Å². The Kier molecular flexibility index (Phi) is 11.0. The molecule has 54 heavy (non-hydrogen) atoms. The summed E-state index contributed by atoms with van der Waals surface area (Å²) in [6.45, 7) is 3.77. The highest BCUT2D eigenvalue weighted by Crippen LogP contribution is 2.35. The predicted molar refractivity (Wildman–Crippen MR) is 211 cm³/mol. The third kappa shape index (κ3) is 8.26. The third-order valence-electron chi connectivity index (χ3n) is 9.83. The van der Waals surface area contributed by atoms with Gasteiger partial charge in [0.1, 0.15) is 5.69 Å². The summed E-state index contributed by atoms with van der Waals surface area (Å²) in [5, 5.41) is 24.1. The van der Waals surface area contributed by atoms with Crippen LogP contribution in [0.3, 0.4) is 0 Å². The Morgan fingerprint density at radius 3 is 2.50 bits per heavy atom. The summed E-state index contributed by atoms with van der Waals surface area (Å²) in [5.41, 5.74) is 6.13. The standard InChI is InChI=1S/C41H38N6O5S2/c42-26-29-10-12-30(13-11-29)37-9-5-4-6-33(37)27-45-21-22-46-34(28-45)16-14-31-24-32(15-19-39(31)46)41(48)44-54(51,52)36-17-18-38(40(25-36)47(49)50)43-20-23-53-35-7-2-1-3-8-35/h1-13,15,17-19,24-25,34,43H,14,16,20-23,27-28H2,(H,44,48)/t34-/m0/s1. The normalized spacial score (nSPS) is 15.4. The number of thioether (sulfide) groups is 1. The van der Waals surface area contributed by atoms with E-state index in [1.807, 2.05) is 66.7 Å². The predicted octanol–water partition coefficient (Wildman–Crippen LogP) is 7.09. The van der Waals surface area contributed by atoms with Gasteiger partial charge in [-0.1, -0.05) is 54.6 Å². The lowest BCUT2D eigenvalue weighted by atomic mass is 9.92. The van der Waals surface area contributed by atoms with Crippen molar-refractivity contribution in [2.45, 2.75) is 35.2 Å². The molecule has 2 N–H and O–H groups in total. The van der Waals surface area contributed by atoms with E-state index >= 15 is 0 Å². The van der Waals surface area contributed by atoms with Crippen LogP contribution in [0.15, 0.2) is 125 Å². The highest BCUT2D eigenvalue weighted by molar-refractivity contribution is 7.99. The number of fused-ring (bicyclic) bond motifs is 3. The van der Waals surface area contributed by atoms with Crippen LogP contribution in [0, 0.1) is 21.4 Å². The number of rotatable bonds is 12. The summed E-state index contributed by atoms with van der Waals surface area (Å²) in [6.07, 6.45) is 1.63. The first-order valence-corrected chi connectivity index (χ1v) is 20.1. The molecule has 5 aromatic carbocycles. The van der Waals surface area contributed by atoms with E-state index in [0.29, 0.717) is 23.9 Å². The second-order valence-corrected chi connectivity index (χ2v) is 16.1. The largest absolute Gasteiger partial charge is 0.379 e. The molecule has 0 spiro atoms. The highest BCUT2D eigenvalue weighted by atomic mass is 32.2. The van der Waals surface area contributed by atoms with Gasteiger partial charge in [-0.15, -0.1) is 11.8 Å². The van der Waals surface area contributed by atoms with Crippen molar-refractivity contribution in [1.82, 2.24) is 9.62 Å². The first-order chi connectivity index (χ1) is 26.2. The molecule has 274 valence electrons. The van der Waals surface area contributed by atoms with Gasteiger partial charge in [-0.3, -0.25) is 19.8 Å². The molecule has 2 aliphatic heterocycles. The number of anilines is 2. The highest BCUT2D eigenvalue weighted by Gasteiger charge is 2.33. The van der Waals surface area contributed by atoms with Crippen molar-refractivity contribution >= 4 is 44.8 Å². The number of nitro benzene ring substituents is 1. The van der Waals surface area contributed by atoms with E-state index in [9.17, 15) is 28.6 Å². The lowest BCUT2D eigenvalue weighted by Gasteiger charge is -2.46. The Morgan fingerprint density at radius 1 is 0.944 bits per heavy atom. The van der Waals surface area contributed by atoms with Gasteiger partial charge in [0, 0.05) is 66.7 Å². The number of benzene rings is 5. The average Bonchev–Trinajstić information content (AvgIpc) is 3.19. The van der Waals surface area contributed by atoms with E-state index in [0.717, 1.165) is 72.4 Å². The number of nitrogens with one attached hydrogen (secondary N) is 2. The molecule has 1 fully saturated rings. The first-order valence-electron chi connectivity index (χ1n) is 17.7. The van der Waals surface area contributed by atoms with Crippen LogP contribution in [0.1, 0.15) is 33.5 Å². The Labute approximate surface area is 318 Å². The van der Waals surface area contributed by atoms with E-state index in [-0.39, 0.29) is 16.1 Å². The topological polar surface area (TPSA) is 149 Å². The summed E-state index contributed by atoms with van der Waals surface area (Å²) in [6, 6.07) is 37.1. The molecular weight excluding hydrogens is 721 g/mol. The molecule has 11 nitrogen and oxygen atoms in total. The van der Waals surface area contributed by atoms with Crippen LogP contribution in [0.5, 0.6) is 0 Å². The molecule has 2 heterocycles. The molecule has 0 radical (unpaired) electrons. The molecule has 0 bridgehead atoms. The van der Waals surface area contributed by atoms with Crippen LogP contribution >= 0.6 is 11.8 Å². The van der Waals surface area contributed by atoms with E-state index in [4.69, 9.17) is 0 Å². The smallest absolute Gasteiger partial charge is 0.293 e. The zero-order chi connectivity index (χ0) is 37.7. The molecule has 1 amide bonds. The molecule has 7 rings (SSSR count). The Morgan fingerprint density at radius 2 is 1.72 bits per heavy atom. The molecule has 5 aromatic rings. The van der Waals surface area contributed by atoms with Crippen molar-refractivity contribution in [2.75, 3.05) is 42.1 Å². The van der Waals surface area contributed by atoms with Gasteiger partial charge in [0.15, 0.2) is 0 Å². The van der Waals surface area contributed by atoms with E-state index in [1.54, 1.807) is 23.9 Å². The minimum Gasteiger partial charge on any atom is -0.379 e. The van der Waals surface area contributed by atoms with E-state index in [1.165, 1.54) is 17.7 Å². The number of nitriles is 1. The summed E-state index contributed by atoms with van der Waals surface area (Å²) >= 11 is 1.59. The third-order valence-corrected chi connectivity index (χ3v) is 12.2. The van der Waals surface area contributed by atoms with Crippen LogP contribution < -0.4 is 14.9 Å². The monoisotopic (exact) mass is 758 g/mol. The number of nitrogens with zero attached hydrogens (tertiary/aromatic N) is 4. The molecule has 0 aromatic heterocycles. The number of nitro groups is 1. The zero-order valence-corrected chi connectivity index (χ0v) is 31.0. The SMILES string of the molecule is N#Cc1ccc(-c2ccccc2CN2CCN3c4ccc(C(=O)NS(=O)(=O)c5ccc(NCCSc6ccccc6)c([N+](=O)[O-])c5)cc4CC[C@H]3C2)cc1. The summed E-state index contributed by atoms with van der Waals surface area (Å²) in [7, 11) is -4.40. The minimum atomic E-state index is -4.40. The Balaban J connectivity index is 0.977. The van der Waals surface area contributed by atoms with Gasteiger partial charge < -0.3 is 10.2 Å². The van der Waals surface area contributed by atoms with Crippen molar-refractivity contribution in [1.29, 1.82) is 5.26 Å². The second kappa shape index (κ2) is 16.1. The minimum absolute atomic E-state index is 0.195. The van der Waals surface area contributed by atoms with Gasteiger partial charge in [-0.2, -0.15) is 5.26 Å². The van der Waals surface area contributed by atoms with Crippen LogP contribution in [0.25, 0.3) is 11.1 Å². The number of sulfonamides is 1. The molecular formula is C41H38N6O5S2. The van der Waals surface area contributed by atoms with Crippen molar-refractivity contribution in [3.63, 3.8) is 0 Å². The molecule has 13 heteroatoms. The maximum Gasteiger partial charge on any atom is 0.293 e. The summed E-state index contributed by atoms with van der Waals surface area (Å²) in [4.78, 5) is 30.1. The lowest BCUT2D eigenvalue weighted by Crippen LogP contribution is -2.54. The molecule has 1 atom stereocenters. The first kappa shape index (κ1) is 36.7. The lowest BCUT2D eigenvalue weighted by molar-refractivity contribution is -0.384. The van der Waals surface area contributed by atoms with Gasteiger partial charge >= 0.3 is 0 Å². The number of hydrogen-bond donors (Lipinski definition) is 2. The number of aryl methyl sites for hydroxylation is 1. The number of carbonyl (C=O) groups excluding carboxylic acids is 1. The molecule has 0 saturated carbocycles. The Hall–Kier alpha value is -5.68. The van der Waals surface area contributed by atoms with Crippen LogP contribution in [-0.2, 0) is 23.0 Å². The van der Waals surface area contributed by atoms with Crippen LogP contribution in [0.4, 0.5) is 17.1 Å². The number of piperazine rings is 1. The fourth-order valence-corrected chi connectivity index (χ4v) is 8.94. The van der Waals surface area contributed by atoms with Gasteiger partial charge in [0.25, 0.3) is 21.6 Å². The summed E-state index contributed by atoms with van der Waals surface area (Å²) in [5.74, 6) is -0.153. The maximum atomic E-state index is 13.3. The number of hydrogen-bond acceptors (Lipinski definition) is 10. The fraction of sp³-hybridized carbons (Fsp3) is 0.220. The molecule has 1 saturated heterocycles. The number of carbonyl (C=O) groups is 1. The average molecular weight is 759 g/mol. The van der Waals surface area contributed by atoms with Crippen molar-refractivity contribution in [3.05, 3.63) is 148 Å². The Bertz CT molecular complexity index is 2330. The molecule has 0 unspecified atom stereocenters. The maximum absolute atomic E-state index is 13.3. The van der Waals surface area contributed by atoms with Crippen LogP contribution in [-0.4, -0.2) is 62.1 Å².